The summed E-state index contributed by atoms with van der Waals surface area (Å²) in [6.07, 6.45) is 7.38. The third-order valence-corrected chi connectivity index (χ3v) is 10.2. The van der Waals surface area contributed by atoms with Gasteiger partial charge in [-0.15, -0.1) is 0 Å². The van der Waals surface area contributed by atoms with Crippen molar-refractivity contribution in [3.05, 3.63) is 119 Å². The lowest BCUT2D eigenvalue weighted by Crippen LogP contribution is -2.32. The van der Waals surface area contributed by atoms with Crippen LogP contribution in [0.5, 0.6) is 5.75 Å². The summed E-state index contributed by atoms with van der Waals surface area (Å²) in [5, 5.41) is 8.44. The summed E-state index contributed by atoms with van der Waals surface area (Å²) in [6.45, 7) is 23.0. The van der Waals surface area contributed by atoms with E-state index in [9.17, 15) is 13.6 Å². The fraction of sp³-hybridized carbons (Fsp3) is 0.500. The van der Waals surface area contributed by atoms with Crippen molar-refractivity contribution in [2.75, 3.05) is 31.2 Å². The Morgan fingerprint density at radius 3 is 2.23 bits per heavy atom. The number of hydrogen-bond acceptors (Lipinski definition) is 7. The molecule has 12 heteroatoms. The van der Waals surface area contributed by atoms with Crippen molar-refractivity contribution in [2.45, 2.75) is 100 Å². The summed E-state index contributed by atoms with van der Waals surface area (Å²) in [5.41, 5.74) is 2.67. The molecule has 6 rings (SSSR count). The molecule has 1 saturated heterocycles. The Morgan fingerprint density at radius 2 is 1.64 bits per heavy atom. The largest absolute Gasteiger partial charge is 0.493 e. The van der Waals surface area contributed by atoms with Crippen molar-refractivity contribution in [1.82, 2.24) is 29.1 Å². The lowest BCUT2D eigenvalue weighted by atomic mass is 9.82. The topological polar surface area (TPSA) is 92.2 Å². The Morgan fingerprint density at radius 1 is 0.964 bits per heavy atom. The Kier molecular flexibility index (Phi) is 16.0. The van der Waals surface area contributed by atoms with E-state index >= 15 is 0 Å². The first-order chi connectivity index (χ1) is 26.8. The number of aromatic nitrogens is 6. The molecule has 1 aliphatic rings. The van der Waals surface area contributed by atoms with E-state index in [1.807, 2.05) is 57.2 Å². The third-order valence-electron chi connectivity index (χ3n) is 10.2. The monoisotopic (exact) mass is 773 g/mol. The molecule has 10 nitrogen and oxygen atoms in total. The van der Waals surface area contributed by atoms with Crippen LogP contribution in [0, 0.1) is 35.8 Å². The highest BCUT2D eigenvalue weighted by molar-refractivity contribution is 5.51. The van der Waals surface area contributed by atoms with Gasteiger partial charge in [0.05, 0.1) is 25.4 Å². The Balaban J connectivity index is 0.000000239. The maximum atomic E-state index is 14.6. The van der Waals surface area contributed by atoms with Gasteiger partial charge in [0.2, 0.25) is 0 Å². The molecule has 0 N–H and O–H groups in total. The van der Waals surface area contributed by atoms with Crippen molar-refractivity contribution in [3.8, 4) is 11.4 Å². The fourth-order valence-corrected chi connectivity index (χ4v) is 6.54. The molecular formula is C44H61F2N7O3. The number of rotatable bonds is 14. The molecule has 304 valence electrons. The van der Waals surface area contributed by atoms with Gasteiger partial charge >= 0.3 is 5.69 Å². The molecule has 0 bridgehead atoms. The van der Waals surface area contributed by atoms with Gasteiger partial charge in [0.1, 0.15) is 42.0 Å². The van der Waals surface area contributed by atoms with Crippen molar-refractivity contribution in [2.24, 2.45) is 17.3 Å². The van der Waals surface area contributed by atoms with Crippen molar-refractivity contribution in [3.63, 3.8) is 0 Å². The molecule has 3 aromatic carbocycles. The van der Waals surface area contributed by atoms with Crippen molar-refractivity contribution in [1.29, 1.82) is 0 Å². The summed E-state index contributed by atoms with van der Waals surface area (Å²) in [5.74, 6) is -0.0289. The molecule has 56 heavy (non-hydrogen) atoms. The van der Waals surface area contributed by atoms with Gasteiger partial charge in [-0.25, -0.2) is 32.5 Å². The van der Waals surface area contributed by atoms with Crippen LogP contribution in [-0.2, 0) is 23.4 Å². The van der Waals surface area contributed by atoms with E-state index in [1.54, 1.807) is 26.6 Å². The Labute approximate surface area is 331 Å². The van der Waals surface area contributed by atoms with Crippen molar-refractivity contribution < 1.29 is 18.3 Å². The van der Waals surface area contributed by atoms with E-state index in [-0.39, 0.29) is 23.6 Å². The number of nitrogens with zero attached hydrogens (tertiary/aromatic N) is 7. The van der Waals surface area contributed by atoms with E-state index in [0.29, 0.717) is 37.7 Å². The second-order valence-corrected chi connectivity index (χ2v) is 15.5. The first-order valence-electron chi connectivity index (χ1n) is 19.9. The first kappa shape index (κ1) is 43.9. The molecular weight excluding hydrogens is 713 g/mol. The molecule has 0 saturated carbocycles. The summed E-state index contributed by atoms with van der Waals surface area (Å²) in [7, 11) is 0. The Hall–Kier alpha value is -4.84. The highest BCUT2D eigenvalue weighted by Gasteiger charge is 2.44. The van der Waals surface area contributed by atoms with E-state index < -0.39 is 17.2 Å². The average Bonchev–Trinajstić information content (AvgIpc) is 3.93. The minimum atomic E-state index is -0.952. The van der Waals surface area contributed by atoms with Gasteiger partial charge in [-0.3, -0.25) is 0 Å². The smallest absolute Gasteiger partial charge is 0.350 e. The Bertz CT molecular complexity index is 1950. The van der Waals surface area contributed by atoms with E-state index in [4.69, 9.17) is 9.47 Å². The lowest BCUT2D eigenvalue weighted by Gasteiger charge is -2.29. The second-order valence-electron chi connectivity index (χ2n) is 15.5. The SMILES string of the molecule is CC.CCCN(CCC)c1ccc(-n2cnn(CC(C)C(C)(C)C)c2=O)cc1.Cc1ccc(OCC2COC(Cn3cncn3)(c3ccc(F)cc3F)C2)cc1. The van der Waals surface area contributed by atoms with E-state index in [1.165, 1.54) is 24.1 Å². The van der Waals surface area contributed by atoms with E-state index in [2.05, 4.69) is 73.8 Å². The zero-order valence-electron chi connectivity index (χ0n) is 34.7. The molecule has 3 unspecified atom stereocenters. The lowest BCUT2D eigenvalue weighted by molar-refractivity contribution is -0.0206. The van der Waals surface area contributed by atoms with Gasteiger partial charge in [-0.2, -0.15) is 10.2 Å². The standard InChI is InChI=1S/C21H21F2N3O2.C21H34N4O.C2H6/c1-15-2-5-18(6-3-15)27-10-16-9-21(28-11-16,12-26-14-24-13-25-26)19-7-4-17(22)8-20(19)23;1-7-13-23(14-8-2)18-9-11-19(12-10-18)24-16-22-25(20(24)26)15-17(3)21(4,5)6;1-2/h2-8,13-14,16H,9-12H2,1H3;9-12,16-17H,7-8,13-15H2,1-6H3;1-2H3. The quantitative estimate of drug-likeness (QED) is 0.111. The zero-order valence-corrected chi connectivity index (χ0v) is 34.7. The fourth-order valence-electron chi connectivity index (χ4n) is 6.54. The molecule has 3 heterocycles. The first-order valence-corrected chi connectivity index (χ1v) is 19.9. The molecule has 0 amide bonds. The number of hydrogen-bond donors (Lipinski definition) is 0. The second kappa shape index (κ2) is 20.4. The molecule has 0 radical (unpaired) electrons. The maximum Gasteiger partial charge on any atom is 0.350 e. The number of ether oxygens (including phenoxy) is 2. The highest BCUT2D eigenvalue weighted by atomic mass is 19.1. The van der Waals surface area contributed by atoms with Crippen LogP contribution < -0.4 is 15.3 Å². The molecule has 5 aromatic rings. The number of halogens is 2. The summed E-state index contributed by atoms with van der Waals surface area (Å²) in [4.78, 5) is 19.0. The minimum Gasteiger partial charge on any atom is -0.493 e. The van der Waals surface area contributed by atoms with Crippen LogP contribution in [0.15, 0.2) is 90.5 Å². The maximum absolute atomic E-state index is 14.6. The third kappa shape index (κ3) is 11.6. The van der Waals surface area contributed by atoms with Crippen LogP contribution in [0.1, 0.15) is 85.8 Å². The van der Waals surface area contributed by atoms with Crippen LogP contribution >= 0.6 is 0 Å². The normalized spacial score (nSPS) is 17.0. The molecule has 2 aromatic heterocycles. The molecule has 0 spiro atoms. The molecule has 3 atom stereocenters. The predicted molar refractivity (Wildman–Crippen MR) is 219 cm³/mol. The summed E-state index contributed by atoms with van der Waals surface area (Å²) in [6, 6.07) is 19.6. The van der Waals surface area contributed by atoms with Crippen LogP contribution in [0.25, 0.3) is 5.69 Å². The zero-order chi connectivity index (χ0) is 40.9. The molecule has 0 aliphatic carbocycles. The van der Waals surface area contributed by atoms with Crippen LogP contribution in [0.4, 0.5) is 14.5 Å². The number of benzene rings is 3. The highest BCUT2D eigenvalue weighted by Crippen LogP contribution is 2.42. The van der Waals surface area contributed by atoms with Crippen molar-refractivity contribution >= 4 is 5.69 Å². The van der Waals surface area contributed by atoms with E-state index in [0.717, 1.165) is 49.0 Å². The average molecular weight is 774 g/mol. The van der Waals surface area contributed by atoms with Gasteiger partial charge in [0.15, 0.2) is 0 Å². The van der Waals surface area contributed by atoms with Gasteiger partial charge in [-0.05, 0) is 80.0 Å². The summed E-state index contributed by atoms with van der Waals surface area (Å²) < 4.78 is 44.8. The number of anilines is 1. The molecule has 1 fully saturated rings. The van der Waals surface area contributed by atoms with Gasteiger partial charge in [0, 0.05) is 42.9 Å². The minimum absolute atomic E-state index is 0.0641. The summed E-state index contributed by atoms with van der Waals surface area (Å²) >= 11 is 0. The van der Waals surface area contributed by atoms with Crippen LogP contribution in [0.3, 0.4) is 0 Å². The van der Waals surface area contributed by atoms with Gasteiger partial charge in [-0.1, -0.05) is 79.2 Å². The van der Waals surface area contributed by atoms with Gasteiger partial charge in [0.25, 0.3) is 0 Å². The van der Waals surface area contributed by atoms with Gasteiger partial charge < -0.3 is 14.4 Å². The predicted octanol–water partition coefficient (Wildman–Crippen LogP) is 9.24. The number of aryl methyl sites for hydroxylation is 1. The van der Waals surface area contributed by atoms with Crippen LogP contribution in [-0.4, -0.2) is 55.4 Å². The molecule has 1 aliphatic heterocycles. The van der Waals surface area contributed by atoms with Crippen LogP contribution in [0.2, 0.25) is 0 Å².